The van der Waals surface area contributed by atoms with Crippen molar-refractivity contribution in [3.05, 3.63) is 46.5 Å². The molecule has 36 heavy (non-hydrogen) atoms. The average Bonchev–Trinajstić information content (AvgIpc) is 3.21. The van der Waals surface area contributed by atoms with Gasteiger partial charge in [0.15, 0.2) is 11.7 Å². The van der Waals surface area contributed by atoms with Crippen molar-refractivity contribution >= 4 is 45.9 Å². The molecule has 6 rings (SSSR count). The monoisotopic (exact) mass is 530 g/mol. The molecule has 1 amide bonds. The highest BCUT2D eigenvalue weighted by molar-refractivity contribution is 7.17. The first-order valence-corrected chi connectivity index (χ1v) is 13.7. The van der Waals surface area contributed by atoms with Gasteiger partial charge >= 0.3 is 11.9 Å². The van der Waals surface area contributed by atoms with E-state index in [0.29, 0.717) is 34.0 Å². The number of alkyl halides is 1. The molecule has 0 saturated heterocycles. The van der Waals surface area contributed by atoms with Crippen LogP contribution >= 0.6 is 22.9 Å². The van der Waals surface area contributed by atoms with E-state index < -0.39 is 11.4 Å². The predicted octanol–water partition coefficient (Wildman–Crippen LogP) is 5.28. The number of amides is 1. The van der Waals surface area contributed by atoms with E-state index in [0.717, 1.165) is 49.0 Å². The van der Waals surface area contributed by atoms with Crippen molar-refractivity contribution in [3.8, 4) is 0 Å². The molecule has 0 spiro atoms. The van der Waals surface area contributed by atoms with Crippen molar-refractivity contribution < 1.29 is 23.9 Å². The summed E-state index contributed by atoms with van der Waals surface area (Å²) < 4.78 is 10.8. The molecule has 4 fully saturated rings. The summed E-state index contributed by atoms with van der Waals surface area (Å²) in [5.74, 6) is -0.240. The fraction of sp³-hybridized carbons (Fsp3) is 0.556. The van der Waals surface area contributed by atoms with Crippen molar-refractivity contribution in [1.29, 1.82) is 0 Å². The number of aryl methyl sites for hydroxylation is 1. The first-order chi connectivity index (χ1) is 17.2. The van der Waals surface area contributed by atoms with Gasteiger partial charge in [-0.3, -0.25) is 14.5 Å². The fourth-order valence-electron chi connectivity index (χ4n) is 6.66. The van der Waals surface area contributed by atoms with Gasteiger partial charge in [0.25, 0.3) is 5.91 Å². The fourth-order valence-corrected chi connectivity index (χ4v) is 8.33. The Morgan fingerprint density at radius 3 is 2.44 bits per heavy atom. The summed E-state index contributed by atoms with van der Waals surface area (Å²) in [5.41, 5.74) is 0.816. The molecule has 192 valence electrons. The Labute approximate surface area is 220 Å². The molecule has 1 heterocycles. The van der Waals surface area contributed by atoms with Gasteiger partial charge in [0.05, 0.1) is 24.3 Å². The molecule has 0 radical (unpaired) electrons. The maximum absolute atomic E-state index is 13.4. The van der Waals surface area contributed by atoms with Crippen LogP contribution in [0, 0.1) is 24.2 Å². The zero-order valence-corrected chi connectivity index (χ0v) is 22.2. The van der Waals surface area contributed by atoms with Crippen molar-refractivity contribution in [1.82, 2.24) is 4.98 Å². The summed E-state index contributed by atoms with van der Waals surface area (Å²) in [6, 6.07) is 9.51. The first-order valence-electron chi connectivity index (χ1n) is 12.6. The number of ether oxygens (including phenoxy) is 2. The zero-order valence-electron chi connectivity index (χ0n) is 20.6. The second kappa shape index (κ2) is 9.78. The van der Waals surface area contributed by atoms with Crippen molar-refractivity contribution in [2.75, 3.05) is 18.1 Å². The molecule has 2 unspecified atom stereocenters. The first kappa shape index (κ1) is 25.2. The number of carbonyl (C=O) groups excluding carboxylic acids is 3. The van der Waals surface area contributed by atoms with Crippen molar-refractivity contribution in [3.63, 3.8) is 0 Å². The highest BCUT2D eigenvalue weighted by Crippen LogP contribution is 2.64. The molecule has 7 nitrogen and oxygen atoms in total. The van der Waals surface area contributed by atoms with Crippen LogP contribution in [0.1, 0.15) is 66.4 Å². The lowest BCUT2D eigenvalue weighted by Gasteiger charge is -2.58. The van der Waals surface area contributed by atoms with Crippen LogP contribution < -0.4 is 4.90 Å². The Kier molecular flexibility index (Phi) is 6.85. The SMILES string of the molecule is CCOC(=O)c1sc(N(Cc2ccccc2)C(=O)COC(=O)C23C[C@@H]4C[C@@H](CC(Cl)(C4)C2)C3)nc1C. The molecule has 4 bridgehead atoms. The van der Waals surface area contributed by atoms with Gasteiger partial charge < -0.3 is 9.47 Å². The lowest BCUT2D eigenvalue weighted by Crippen LogP contribution is -2.56. The Hall–Kier alpha value is -2.45. The second-order valence-electron chi connectivity index (χ2n) is 10.6. The number of halogens is 1. The summed E-state index contributed by atoms with van der Waals surface area (Å²) in [5, 5.41) is 0.370. The summed E-state index contributed by atoms with van der Waals surface area (Å²) >= 11 is 7.99. The Balaban J connectivity index is 1.33. The van der Waals surface area contributed by atoms with Crippen LogP contribution in [-0.4, -0.2) is 40.9 Å². The number of rotatable bonds is 8. The molecule has 4 aliphatic rings. The quantitative estimate of drug-likeness (QED) is 0.341. The molecular formula is C27H31ClN2O5S. The molecule has 2 aromatic rings. The molecule has 0 aliphatic heterocycles. The molecule has 4 atom stereocenters. The normalized spacial score (nSPS) is 28.1. The number of aromatic nitrogens is 1. The number of carbonyl (C=O) groups is 3. The molecular weight excluding hydrogens is 500 g/mol. The third kappa shape index (κ3) is 4.90. The standard InChI is InChI=1S/C27H31ClN2O5S/c1-3-34-23(32)22-17(2)29-25(36-22)30(14-18-7-5-4-6-8-18)21(31)15-35-24(33)26-10-19-9-20(11-26)13-27(28,12-19)16-26/h4-8,19-20H,3,9-16H2,1-2H3/t19-,20+,26?,27?. The topological polar surface area (TPSA) is 85.8 Å². The van der Waals surface area contributed by atoms with Crippen LogP contribution in [0.5, 0.6) is 0 Å². The van der Waals surface area contributed by atoms with E-state index in [1.165, 1.54) is 4.90 Å². The molecule has 4 aliphatic carbocycles. The number of thiazole rings is 1. The highest BCUT2D eigenvalue weighted by atomic mass is 35.5. The molecule has 4 saturated carbocycles. The van der Waals surface area contributed by atoms with Gasteiger partial charge in [-0.1, -0.05) is 41.7 Å². The van der Waals surface area contributed by atoms with E-state index in [4.69, 9.17) is 21.1 Å². The van der Waals surface area contributed by atoms with Crippen molar-refractivity contribution in [2.45, 2.75) is 63.8 Å². The third-order valence-electron chi connectivity index (χ3n) is 7.71. The highest BCUT2D eigenvalue weighted by Gasteiger charge is 2.60. The maximum Gasteiger partial charge on any atom is 0.350 e. The minimum atomic E-state index is -0.578. The number of hydrogen-bond donors (Lipinski definition) is 0. The van der Waals surface area contributed by atoms with E-state index in [1.807, 2.05) is 30.3 Å². The lowest BCUT2D eigenvalue weighted by atomic mass is 9.49. The zero-order chi connectivity index (χ0) is 25.5. The summed E-state index contributed by atoms with van der Waals surface area (Å²) in [6.45, 7) is 3.57. The number of nitrogens with zero attached hydrogens (tertiary/aromatic N) is 2. The van der Waals surface area contributed by atoms with Crippen LogP contribution in [0.25, 0.3) is 0 Å². The second-order valence-corrected chi connectivity index (χ2v) is 12.3. The minimum absolute atomic E-state index is 0.243. The van der Waals surface area contributed by atoms with Crippen molar-refractivity contribution in [2.24, 2.45) is 17.3 Å². The van der Waals surface area contributed by atoms with Gasteiger partial charge in [-0.2, -0.15) is 0 Å². The van der Waals surface area contributed by atoms with E-state index in [1.54, 1.807) is 13.8 Å². The van der Waals surface area contributed by atoms with Gasteiger partial charge in [0.1, 0.15) is 4.88 Å². The Bertz CT molecular complexity index is 1150. The number of anilines is 1. The summed E-state index contributed by atoms with van der Waals surface area (Å²) in [7, 11) is 0. The maximum atomic E-state index is 13.4. The van der Waals surface area contributed by atoms with Crippen LogP contribution in [-0.2, 0) is 25.6 Å². The number of hydrogen-bond acceptors (Lipinski definition) is 7. The van der Waals surface area contributed by atoms with Gasteiger partial charge in [0, 0.05) is 4.87 Å². The minimum Gasteiger partial charge on any atom is -0.462 e. The third-order valence-corrected chi connectivity index (χ3v) is 9.31. The lowest BCUT2D eigenvalue weighted by molar-refractivity contribution is -0.171. The molecule has 1 aromatic carbocycles. The molecule has 9 heteroatoms. The van der Waals surface area contributed by atoms with Crippen LogP contribution in [0.3, 0.4) is 0 Å². The number of benzene rings is 1. The van der Waals surface area contributed by atoms with Crippen LogP contribution in [0.15, 0.2) is 30.3 Å². The van der Waals surface area contributed by atoms with Crippen LogP contribution in [0.2, 0.25) is 0 Å². The van der Waals surface area contributed by atoms with Gasteiger partial charge in [-0.25, -0.2) is 9.78 Å². The number of esters is 2. The van der Waals surface area contributed by atoms with Gasteiger partial charge in [-0.15, -0.1) is 11.6 Å². The van der Waals surface area contributed by atoms with E-state index in [2.05, 4.69) is 4.98 Å². The largest absolute Gasteiger partial charge is 0.462 e. The predicted molar refractivity (Wildman–Crippen MR) is 137 cm³/mol. The smallest absolute Gasteiger partial charge is 0.350 e. The van der Waals surface area contributed by atoms with Crippen LogP contribution in [0.4, 0.5) is 5.13 Å². The Morgan fingerprint density at radius 2 is 1.81 bits per heavy atom. The summed E-state index contributed by atoms with van der Waals surface area (Å²) in [4.78, 5) is 45.1. The average molecular weight is 531 g/mol. The summed E-state index contributed by atoms with van der Waals surface area (Å²) in [6.07, 6.45) is 5.30. The van der Waals surface area contributed by atoms with E-state index in [9.17, 15) is 14.4 Å². The Morgan fingerprint density at radius 1 is 1.11 bits per heavy atom. The van der Waals surface area contributed by atoms with Gasteiger partial charge in [-0.05, 0) is 69.8 Å². The van der Waals surface area contributed by atoms with E-state index in [-0.39, 0.29) is 36.5 Å². The van der Waals surface area contributed by atoms with Gasteiger partial charge in [0.2, 0.25) is 0 Å². The molecule has 1 aromatic heterocycles. The van der Waals surface area contributed by atoms with E-state index >= 15 is 0 Å². The molecule has 0 N–H and O–H groups in total.